The summed E-state index contributed by atoms with van der Waals surface area (Å²) in [6, 6.07) is 18.1. The number of halogens is 1. The highest BCUT2D eigenvalue weighted by Crippen LogP contribution is 2.50. The fourth-order valence-corrected chi connectivity index (χ4v) is 5.97. The SMILES string of the molecule is O=C(Nc1ccc(Cl)cc1)[C@@H]1[C@H]2C(=O)N(c3ccc4c(c3)OCO4)C(=O)[C@@H]2[C@@H]2C=Cc3ccccc3N12. The maximum Gasteiger partial charge on any atom is 0.247 e. The monoisotopic (exact) mass is 513 g/mol. The van der Waals surface area contributed by atoms with E-state index in [1.54, 1.807) is 42.5 Å². The zero-order valence-corrected chi connectivity index (χ0v) is 20.1. The molecule has 4 atom stereocenters. The zero-order chi connectivity index (χ0) is 25.3. The predicted molar refractivity (Wildman–Crippen MR) is 138 cm³/mol. The lowest BCUT2D eigenvalue weighted by Crippen LogP contribution is -2.50. The number of anilines is 3. The molecule has 4 aliphatic heterocycles. The number of nitrogens with zero attached hydrogens (tertiary/aromatic N) is 2. The Morgan fingerprint density at radius 3 is 2.51 bits per heavy atom. The number of imide groups is 1. The molecule has 2 fully saturated rings. The van der Waals surface area contributed by atoms with E-state index in [0.717, 1.165) is 11.3 Å². The first-order chi connectivity index (χ1) is 18.0. The van der Waals surface area contributed by atoms with Gasteiger partial charge in [0.1, 0.15) is 6.04 Å². The Bertz CT molecular complexity index is 1500. The number of hydrogen-bond donors (Lipinski definition) is 1. The summed E-state index contributed by atoms with van der Waals surface area (Å²) in [4.78, 5) is 44.7. The molecule has 4 aliphatic rings. The molecule has 0 spiro atoms. The number of fused-ring (bicyclic) bond motifs is 6. The molecule has 2 saturated heterocycles. The third-order valence-corrected chi connectivity index (χ3v) is 7.66. The number of carbonyl (C=O) groups is 3. The van der Waals surface area contributed by atoms with Crippen molar-refractivity contribution in [1.82, 2.24) is 0 Å². The van der Waals surface area contributed by atoms with Crippen molar-refractivity contribution in [1.29, 1.82) is 0 Å². The second kappa shape index (κ2) is 8.11. The van der Waals surface area contributed by atoms with Gasteiger partial charge in [-0.3, -0.25) is 14.4 Å². The molecule has 37 heavy (non-hydrogen) atoms. The van der Waals surface area contributed by atoms with Crippen LogP contribution in [-0.2, 0) is 14.4 Å². The Hall–Kier alpha value is -4.30. The van der Waals surface area contributed by atoms with Crippen LogP contribution in [0.1, 0.15) is 5.56 Å². The number of nitrogens with one attached hydrogen (secondary N) is 1. The van der Waals surface area contributed by atoms with Crippen molar-refractivity contribution in [3.05, 3.63) is 83.4 Å². The Morgan fingerprint density at radius 2 is 1.68 bits per heavy atom. The van der Waals surface area contributed by atoms with Gasteiger partial charge in [0.05, 0.1) is 23.6 Å². The Balaban J connectivity index is 1.30. The fraction of sp³-hybridized carbons (Fsp3) is 0.179. The van der Waals surface area contributed by atoms with E-state index in [4.69, 9.17) is 21.1 Å². The predicted octanol–water partition coefficient (Wildman–Crippen LogP) is 4.10. The van der Waals surface area contributed by atoms with Crippen molar-refractivity contribution in [2.45, 2.75) is 12.1 Å². The van der Waals surface area contributed by atoms with E-state index in [-0.39, 0.29) is 18.6 Å². The third-order valence-electron chi connectivity index (χ3n) is 7.41. The van der Waals surface area contributed by atoms with E-state index in [1.807, 2.05) is 41.3 Å². The first-order valence-electron chi connectivity index (χ1n) is 11.9. The van der Waals surface area contributed by atoms with Gasteiger partial charge in [0.15, 0.2) is 11.5 Å². The fourth-order valence-electron chi connectivity index (χ4n) is 5.84. The summed E-state index contributed by atoms with van der Waals surface area (Å²) in [6.07, 6.45) is 3.87. The molecule has 0 saturated carbocycles. The minimum atomic E-state index is -0.896. The average molecular weight is 514 g/mol. The molecule has 0 unspecified atom stereocenters. The topological polar surface area (TPSA) is 88.2 Å². The molecule has 0 radical (unpaired) electrons. The van der Waals surface area contributed by atoms with Gasteiger partial charge >= 0.3 is 0 Å². The van der Waals surface area contributed by atoms with Gasteiger partial charge in [-0.25, -0.2) is 4.90 Å². The molecule has 3 aromatic carbocycles. The largest absolute Gasteiger partial charge is 0.454 e. The van der Waals surface area contributed by atoms with Crippen LogP contribution in [0, 0.1) is 11.8 Å². The van der Waals surface area contributed by atoms with Crippen LogP contribution in [0.5, 0.6) is 11.5 Å². The Kier molecular flexibility index (Phi) is 4.81. The number of carbonyl (C=O) groups excluding carboxylic acids is 3. The molecular weight excluding hydrogens is 494 g/mol. The van der Waals surface area contributed by atoms with E-state index in [0.29, 0.717) is 27.9 Å². The lowest BCUT2D eigenvalue weighted by Gasteiger charge is -2.36. The van der Waals surface area contributed by atoms with Gasteiger partial charge in [-0.05, 0) is 48.0 Å². The van der Waals surface area contributed by atoms with E-state index in [9.17, 15) is 14.4 Å². The standard InChI is InChI=1S/C28H20ClN3O5/c29-16-6-8-17(9-7-16)30-26(33)25-24-23(20-11-5-15-3-1-2-4-19(15)32(20)25)27(34)31(28(24)35)18-10-12-21-22(13-18)37-14-36-21/h1-13,20,23-25H,14H2,(H,30,33)/t20-,23+,24-,25-/m0/s1. The van der Waals surface area contributed by atoms with Gasteiger partial charge in [-0.2, -0.15) is 0 Å². The summed E-state index contributed by atoms with van der Waals surface area (Å²) in [6.45, 7) is 0.0834. The lowest BCUT2D eigenvalue weighted by molar-refractivity contribution is -0.126. The third kappa shape index (κ3) is 3.25. The average Bonchev–Trinajstić information content (AvgIpc) is 3.58. The molecule has 0 aliphatic carbocycles. The smallest absolute Gasteiger partial charge is 0.247 e. The normalized spacial score (nSPS) is 24.7. The number of amides is 3. The minimum absolute atomic E-state index is 0.0834. The first kappa shape index (κ1) is 21.9. The van der Waals surface area contributed by atoms with Crippen LogP contribution in [0.2, 0.25) is 5.02 Å². The second-order valence-corrected chi connectivity index (χ2v) is 9.79. The number of para-hydroxylation sites is 1. The maximum absolute atomic E-state index is 14.0. The molecule has 8 nitrogen and oxygen atoms in total. The molecule has 3 amide bonds. The van der Waals surface area contributed by atoms with Crippen molar-refractivity contribution < 1.29 is 23.9 Å². The summed E-state index contributed by atoms with van der Waals surface area (Å²) in [5.74, 6) is -1.67. The maximum atomic E-state index is 14.0. The minimum Gasteiger partial charge on any atom is -0.454 e. The van der Waals surface area contributed by atoms with Crippen molar-refractivity contribution in [2.24, 2.45) is 11.8 Å². The Morgan fingerprint density at radius 1 is 0.919 bits per heavy atom. The summed E-state index contributed by atoms with van der Waals surface area (Å²) in [5, 5.41) is 3.48. The summed E-state index contributed by atoms with van der Waals surface area (Å²) in [7, 11) is 0. The molecule has 9 heteroatoms. The van der Waals surface area contributed by atoms with Crippen LogP contribution in [-0.4, -0.2) is 36.6 Å². The van der Waals surface area contributed by atoms with Crippen LogP contribution >= 0.6 is 11.6 Å². The highest BCUT2D eigenvalue weighted by molar-refractivity contribution is 6.30. The lowest BCUT2D eigenvalue weighted by atomic mass is 9.88. The van der Waals surface area contributed by atoms with Crippen LogP contribution in [0.4, 0.5) is 17.1 Å². The molecule has 1 N–H and O–H groups in total. The highest BCUT2D eigenvalue weighted by Gasteiger charge is 2.64. The van der Waals surface area contributed by atoms with Gasteiger partial charge in [-0.1, -0.05) is 42.0 Å². The van der Waals surface area contributed by atoms with Crippen molar-refractivity contribution >= 4 is 52.5 Å². The molecular formula is C28H20ClN3O5. The quantitative estimate of drug-likeness (QED) is 0.531. The van der Waals surface area contributed by atoms with Gasteiger partial charge in [0, 0.05) is 22.5 Å². The van der Waals surface area contributed by atoms with Crippen molar-refractivity contribution in [3.63, 3.8) is 0 Å². The van der Waals surface area contributed by atoms with E-state index in [2.05, 4.69) is 5.32 Å². The number of rotatable bonds is 3. The summed E-state index contributed by atoms with van der Waals surface area (Å²) < 4.78 is 10.8. The van der Waals surface area contributed by atoms with E-state index < -0.39 is 29.8 Å². The first-order valence-corrected chi connectivity index (χ1v) is 12.3. The van der Waals surface area contributed by atoms with E-state index in [1.165, 1.54) is 4.90 Å². The molecule has 3 aromatic rings. The highest BCUT2D eigenvalue weighted by atomic mass is 35.5. The van der Waals surface area contributed by atoms with Gasteiger partial charge in [-0.15, -0.1) is 0 Å². The van der Waals surface area contributed by atoms with Crippen LogP contribution in [0.25, 0.3) is 6.08 Å². The van der Waals surface area contributed by atoms with Crippen LogP contribution in [0.15, 0.2) is 72.8 Å². The Labute approximate surface area is 217 Å². The molecule has 4 heterocycles. The van der Waals surface area contributed by atoms with Crippen LogP contribution in [0.3, 0.4) is 0 Å². The molecule has 7 rings (SSSR count). The number of hydrogen-bond acceptors (Lipinski definition) is 6. The van der Waals surface area contributed by atoms with Crippen molar-refractivity contribution in [2.75, 3.05) is 21.9 Å². The molecule has 184 valence electrons. The van der Waals surface area contributed by atoms with Crippen molar-refractivity contribution in [3.8, 4) is 11.5 Å². The number of benzene rings is 3. The van der Waals surface area contributed by atoms with Crippen LogP contribution < -0.4 is 24.6 Å². The molecule has 0 aromatic heterocycles. The zero-order valence-electron chi connectivity index (χ0n) is 19.3. The van der Waals surface area contributed by atoms with Gasteiger partial charge in [0.25, 0.3) is 0 Å². The van der Waals surface area contributed by atoms with E-state index >= 15 is 0 Å². The van der Waals surface area contributed by atoms with Gasteiger partial charge < -0.3 is 19.7 Å². The summed E-state index contributed by atoms with van der Waals surface area (Å²) >= 11 is 6.01. The number of ether oxygens (including phenoxy) is 2. The van der Waals surface area contributed by atoms with Gasteiger partial charge in [0.2, 0.25) is 24.5 Å². The second-order valence-electron chi connectivity index (χ2n) is 9.36. The summed E-state index contributed by atoms with van der Waals surface area (Å²) in [5.41, 5.74) is 2.70. The molecule has 0 bridgehead atoms.